The highest BCUT2D eigenvalue weighted by Gasteiger charge is 2.29. The Bertz CT molecular complexity index is 1050. The maximum absolute atomic E-state index is 12.6. The van der Waals surface area contributed by atoms with E-state index in [9.17, 15) is 9.59 Å². The van der Waals surface area contributed by atoms with Gasteiger partial charge in [0.05, 0.1) is 14.2 Å². The molecular weight excluding hydrogens is 432 g/mol. The molecule has 0 aliphatic heterocycles. The molecule has 32 heavy (non-hydrogen) atoms. The van der Waals surface area contributed by atoms with Gasteiger partial charge in [-0.1, -0.05) is 42.5 Å². The normalized spacial score (nSPS) is 11.3. The van der Waals surface area contributed by atoms with Gasteiger partial charge in [0.2, 0.25) is 5.24 Å². The highest BCUT2D eigenvalue weighted by molar-refractivity contribution is 6.66. The lowest BCUT2D eigenvalue weighted by Crippen LogP contribution is -2.21. The first-order valence-corrected chi connectivity index (χ1v) is 10.2. The number of ether oxygens (including phenoxy) is 4. The molecule has 0 aliphatic carbocycles. The van der Waals surface area contributed by atoms with E-state index in [0.717, 1.165) is 16.9 Å². The highest BCUT2D eigenvalue weighted by atomic mass is 35.5. The fourth-order valence-electron chi connectivity index (χ4n) is 3.06. The fourth-order valence-corrected chi connectivity index (χ4v) is 3.27. The number of esters is 1. The molecule has 7 heteroatoms. The zero-order valence-electron chi connectivity index (χ0n) is 17.7. The summed E-state index contributed by atoms with van der Waals surface area (Å²) in [6.45, 7) is 0.328. The molecule has 3 rings (SSSR count). The maximum atomic E-state index is 12.6. The SMILES string of the molecule is COc1ccc(COC(=O)C(C(=O)Cl)c2ccc(OCc3ccccc3OC)cc2)cc1. The molecule has 0 aromatic heterocycles. The Morgan fingerprint density at radius 2 is 1.47 bits per heavy atom. The smallest absolute Gasteiger partial charge is 0.322 e. The van der Waals surface area contributed by atoms with Crippen LogP contribution in [0.1, 0.15) is 22.6 Å². The van der Waals surface area contributed by atoms with E-state index in [1.807, 2.05) is 24.3 Å². The number of halogens is 1. The van der Waals surface area contributed by atoms with E-state index in [1.165, 1.54) is 0 Å². The largest absolute Gasteiger partial charge is 0.497 e. The summed E-state index contributed by atoms with van der Waals surface area (Å²) in [5.74, 6) is 0.0622. The van der Waals surface area contributed by atoms with E-state index in [0.29, 0.717) is 23.7 Å². The van der Waals surface area contributed by atoms with E-state index in [1.54, 1.807) is 62.8 Å². The third kappa shape index (κ3) is 6.02. The van der Waals surface area contributed by atoms with Gasteiger partial charge in [0.25, 0.3) is 0 Å². The average molecular weight is 455 g/mol. The number of carbonyl (C=O) groups excluding carboxylic acids is 2. The zero-order chi connectivity index (χ0) is 22.9. The van der Waals surface area contributed by atoms with Crippen molar-refractivity contribution in [3.05, 3.63) is 89.5 Å². The Hall–Kier alpha value is -3.51. The van der Waals surface area contributed by atoms with Crippen LogP contribution < -0.4 is 14.2 Å². The minimum Gasteiger partial charge on any atom is -0.497 e. The van der Waals surface area contributed by atoms with Crippen LogP contribution in [0, 0.1) is 0 Å². The van der Waals surface area contributed by atoms with E-state index in [-0.39, 0.29) is 6.61 Å². The van der Waals surface area contributed by atoms with Gasteiger partial charge in [-0.25, -0.2) is 0 Å². The second kappa shape index (κ2) is 11.2. The first kappa shape index (κ1) is 23.2. The minimum atomic E-state index is -1.22. The summed E-state index contributed by atoms with van der Waals surface area (Å²) in [7, 11) is 3.17. The topological polar surface area (TPSA) is 71.1 Å². The quantitative estimate of drug-likeness (QED) is 0.247. The van der Waals surface area contributed by atoms with Gasteiger partial charge in [0.15, 0.2) is 5.92 Å². The Morgan fingerprint density at radius 1 is 0.812 bits per heavy atom. The van der Waals surface area contributed by atoms with Gasteiger partial charge in [-0.05, 0) is 53.1 Å². The van der Waals surface area contributed by atoms with Crippen LogP contribution in [0.2, 0.25) is 0 Å². The molecule has 1 atom stereocenters. The lowest BCUT2D eigenvalue weighted by molar-refractivity contribution is -0.148. The highest BCUT2D eigenvalue weighted by Crippen LogP contribution is 2.25. The second-order valence-corrected chi connectivity index (χ2v) is 7.23. The molecule has 0 amide bonds. The molecule has 0 radical (unpaired) electrons. The first-order valence-electron chi connectivity index (χ1n) is 9.85. The van der Waals surface area contributed by atoms with Gasteiger partial charge in [-0.3, -0.25) is 9.59 Å². The number of hydrogen-bond donors (Lipinski definition) is 0. The number of rotatable bonds is 10. The molecule has 0 heterocycles. The van der Waals surface area contributed by atoms with Gasteiger partial charge in [-0.15, -0.1) is 0 Å². The standard InChI is InChI=1S/C25H23ClO6/c1-29-20-11-7-17(8-12-20)15-32-25(28)23(24(26)27)18-9-13-21(14-10-18)31-16-19-5-3-4-6-22(19)30-2/h3-14,23H,15-16H2,1-2H3. The summed E-state index contributed by atoms with van der Waals surface area (Å²) in [5, 5.41) is -0.813. The van der Waals surface area contributed by atoms with Gasteiger partial charge < -0.3 is 18.9 Å². The Labute approximate surface area is 191 Å². The number of para-hydroxylation sites is 1. The van der Waals surface area contributed by atoms with Crippen molar-refractivity contribution in [3.8, 4) is 17.2 Å². The van der Waals surface area contributed by atoms with Crippen LogP contribution in [0.4, 0.5) is 0 Å². The summed E-state index contributed by atoms with van der Waals surface area (Å²) in [6, 6.07) is 21.2. The van der Waals surface area contributed by atoms with Crippen LogP contribution in [0.3, 0.4) is 0 Å². The lowest BCUT2D eigenvalue weighted by atomic mass is 10.0. The molecule has 1 unspecified atom stereocenters. The van der Waals surface area contributed by atoms with Crippen LogP contribution >= 0.6 is 11.6 Å². The summed E-state index contributed by atoms with van der Waals surface area (Å²) < 4.78 is 21.5. The van der Waals surface area contributed by atoms with Crippen molar-refractivity contribution >= 4 is 22.8 Å². The molecule has 3 aromatic carbocycles. The van der Waals surface area contributed by atoms with Crippen molar-refractivity contribution in [2.24, 2.45) is 0 Å². The van der Waals surface area contributed by atoms with Crippen molar-refractivity contribution in [1.82, 2.24) is 0 Å². The van der Waals surface area contributed by atoms with Crippen LogP contribution in [-0.2, 0) is 27.5 Å². The molecule has 166 valence electrons. The Balaban J connectivity index is 1.63. The summed E-state index contributed by atoms with van der Waals surface area (Å²) >= 11 is 5.71. The number of methoxy groups -OCH3 is 2. The zero-order valence-corrected chi connectivity index (χ0v) is 18.5. The second-order valence-electron chi connectivity index (χ2n) is 6.86. The summed E-state index contributed by atoms with van der Waals surface area (Å²) in [4.78, 5) is 24.5. The number of carbonyl (C=O) groups is 2. The molecular formula is C25H23ClO6. The number of benzene rings is 3. The molecule has 6 nitrogen and oxygen atoms in total. The Kier molecular flexibility index (Phi) is 8.11. The van der Waals surface area contributed by atoms with Gasteiger partial charge >= 0.3 is 5.97 Å². The number of hydrogen-bond acceptors (Lipinski definition) is 6. The van der Waals surface area contributed by atoms with Crippen LogP contribution in [0.5, 0.6) is 17.2 Å². The molecule has 0 saturated heterocycles. The van der Waals surface area contributed by atoms with E-state index < -0.39 is 17.1 Å². The van der Waals surface area contributed by atoms with Crippen molar-refractivity contribution < 1.29 is 28.5 Å². The molecule has 0 N–H and O–H groups in total. The van der Waals surface area contributed by atoms with Crippen LogP contribution in [0.25, 0.3) is 0 Å². The summed E-state index contributed by atoms with van der Waals surface area (Å²) in [6.07, 6.45) is 0. The molecule has 0 saturated carbocycles. The van der Waals surface area contributed by atoms with E-state index in [4.69, 9.17) is 30.5 Å². The summed E-state index contributed by atoms with van der Waals surface area (Å²) in [5.41, 5.74) is 2.09. The average Bonchev–Trinajstić information content (AvgIpc) is 2.82. The molecule has 3 aromatic rings. The van der Waals surface area contributed by atoms with Crippen molar-refractivity contribution in [2.45, 2.75) is 19.1 Å². The van der Waals surface area contributed by atoms with Gasteiger partial charge in [0, 0.05) is 5.56 Å². The molecule has 0 spiro atoms. The Morgan fingerprint density at radius 3 is 2.09 bits per heavy atom. The third-order valence-corrected chi connectivity index (χ3v) is 5.02. The van der Waals surface area contributed by atoms with Crippen LogP contribution in [0.15, 0.2) is 72.8 Å². The van der Waals surface area contributed by atoms with E-state index in [2.05, 4.69) is 0 Å². The monoisotopic (exact) mass is 454 g/mol. The predicted molar refractivity (Wildman–Crippen MR) is 120 cm³/mol. The lowest BCUT2D eigenvalue weighted by Gasteiger charge is -2.14. The molecule has 0 bridgehead atoms. The molecule has 0 fully saturated rings. The minimum absolute atomic E-state index is 0.0175. The van der Waals surface area contributed by atoms with Gasteiger partial charge in [0.1, 0.15) is 30.5 Å². The molecule has 0 aliphatic rings. The predicted octanol–water partition coefficient (Wildman–Crippen LogP) is 4.88. The van der Waals surface area contributed by atoms with Gasteiger partial charge in [-0.2, -0.15) is 0 Å². The van der Waals surface area contributed by atoms with Crippen molar-refractivity contribution in [3.63, 3.8) is 0 Å². The van der Waals surface area contributed by atoms with Crippen molar-refractivity contribution in [1.29, 1.82) is 0 Å². The van der Waals surface area contributed by atoms with Crippen molar-refractivity contribution in [2.75, 3.05) is 14.2 Å². The first-order chi connectivity index (χ1) is 15.5. The van der Waals surface area contributed by atoms with E-state index >= 15 is 0 Å². The third-order valence-electron chi connectivity index (χ3n) is 4.80. The fraction of sp³-hybridized carbons (Fsp3) is 0.200. The van der Waals surface area contributed by atoms with Crippen LogP contribution in [-0.4, -0.2) is 25.4 Å². The maximum Gasteiger partial charge on any atom is 0.322 e.